The number of hydrazone groups is 1. The summed E-state index contributed by atoms with van der Waals surface area (Å²) in [5.74, 6) is 1.17. The highest BCUT2D eigenvalue weighted by molar-refractivity contribution is 5.95. The largest absolute Gasteiger partial charge is 0.497 e. The molecule has 27 heavy (non-hydrogen) atoms. The highest BCUT2D eigenvalue weighted by atomic mass is 16.5. The van der Waals surface area contributed by atoms with Crippen molar-refractivity contribution in [3.05, 3.63) is 83.3 Å². The number of nitrogens with one attached hydrogen (secondary N) is 1. The number of methoxy groups -OCH3 is 1. The van der Waals surface area contributed by atoms with E-state index >= 15 is 0 Å². The normalized spacial score (nSPS) is 13.0. The number of amides is 1. The first-order chi connectivity index (χ1) is 13.2. The zero-order valence-corrected chi connectivity index (χ0v) is 14.9. The van der Waals surface area contributed by atoms with Crippen molar-refractivity contribution in [2.45, 2.75) is 13.1 Å². The van der Waals surface area contributed by atoms with Gasteiger partial charge in [-0.15, -0.1) is 0 Å². The predicted octanol–water partition coefficient (Wildman–Crippen LogP) is 3.57. The van der Waals surface area contributed by atoms with Crippen molar-refractivity contribution in [2.24, 2.45) is 5.10 Å². The summed E-state index contributed by atoms with van der Waals surface area (Å²) in [5, 5.41) is 3.92. The van der Waals surface area contributed by atoms with Crippen LogP contribution in [0.5, 0.6) is 5.75 Å². The van der Waals surface area contributed by atoms with E-state index in [2.05, 4.69) is 15.4 Å². The van der Waals surface area contributed by atoms with Crippen molar-refractivity contribution >= 4 is 17.8 Å². The second-order valence-electron chi connectivity index (χ2n) is 6.25. The maximum absolute atomic E-state index is 12.3. The van der Waals surface area contributed by atoms with Gasteiger partial charge in [0.15, 0.2) is 0 Å². The lowest BCUT2D eigenvalue weighted by molar-refractivity contribution is 0.0955. The Morgan fingerprint density at radius 2 is 1.96 bits per heavy atom. The fourth-order valence-corrected chi connectivity index (χ4v) is 3.10. The van der Waals surface area contributed by atoms with Crippen molar-refractivity contribution in [3.63, 3.8) is 0 Å². The lowest BCUT2D eigenvalue weighted by Gasteiger charge is -2.17. The maximum atomic E-state index is 12.3. The first kappa shape index (κ1) is 16.9. The highest BCUT2D eigenvalue weighted by Crippen LogP contribution is 2.30. The average Bonchev–Trinajstić information content (AvgIpc) is 3.37. The molecule has 0 spiro atoms. The van der Waals surface area contributed by atoms with E-state index in [9.17, 15) is 4.79 Å². The highest BCUT2D eigenvalue weighted by Gasteiger charge is 2.20. The first-order valence-electron chi connectivity index (χ1n) is 8.60. The van der Waals surface area contributed by atoms with Gasteiger partial charge in [-0.1, -0.05) is 6.07 Å². The molecule has 0 bridgehead atoms. The van der Waals surface area contributed by atoms with E-state index in [1.165, 1.54) is 11.8 Å². The molecular formula is C21H19N3O3. The number of rotatable bonds is 5. The molecule has 0 fully saturated rings. The molecule has 1 aliphatic heterocycles. The SMILES string of the molecule is COc1ccc(N2Cc3ccc(C(=O)N/N=C/c4ccco4)cc3C2)cc1. The minimum absolute atomic E-state index is 0.247. The van der Waals surface area contributed by atoms with E-state index in [1.807, 2.05) is 42.5 Å². The molecule has 0 radical (unpaired) electrons. The van der Waals surface area contributed by atoms with Crippen LogP contribution in [-0.4, -0.2) is 19.2 Å². The molecule has 6 nitrogen and oxygen atoms in total. The molecule has 4 rings (SSSR count). The number of fused-ring (bicyclic) bond motifs is 1. The maximum Gasteiger partial charge on any atom is 0.271 e. The van der Waals surface area contributed by atoms with Crippen LogP contribution in [-0.2, 0) is 13.1 Å². The number of carbonyl (C=O) groups is 1. The molecule has 2 aromatic carbocycles. The van der Waals surface area contributed by atoms with Gasteiger partial charge < -0.3 is 14.1 Å². The molecule has 1 N–H and O–H groups in total. The fourth-order valence-electron chi connectivity index (χ4n) is 3.10. The number of carbonyl (C=O) groups excluding carboxylic acids is 1. The monoisotopic (exact) mass is 361 g/mol. The molecule has 1 aromatic heterocycles. The third-order valence-electron chi connectivity index (χ3n) is 4.53. The van der Waals surface area contributed by atoms with E-state index in [4.69, 9.17) is 9.15 Å². The second kappa shape index (κ2) is 7.37. The molecule has 0 atom stereocenters. The van der Waals surface area contributed by atoms with Crippen molar-refractivity contribution in [1.29, 1.82) is 0 Å². The summed E-state index contributed by atoms with van der Waals surface area (Å²) in [6, 6.07) is 17.3. The lowest BCUT2D eigenvalue weighted by atomic mass is 10.1. The smallest absolute Gasteiger partial charge is 0.271 e. The zero-order chi connectivity index (χ0) is 18.6. The van der Waals surface area contributed by atoms with Gasteiger partial charge >= 0.3 is 0 Å². The first-order valence-corrected chi connectivity index (χ1v) is 8.60. The standard InChI is InChI=1S/C21H19N3O3/c1-26-19-8-6-18(7-9-19)24-13-16-5-4-15(11-17(16)14-24)21(25)23-22-12-20-3-2-10-27-20/h2-12H,13-14H2,1H3,(H,23,25)/b22-12+. The molecule has 0 aliphatic carbocycles. The number of anilines is 1. The molecule has 1 amide bonds. The average molecular weight is 361 g/mol. The molecule has 3 aromatic rings. The molecule has 6 heteroatoms. The number of ether oxygens (including phenoxy) is 1. The van der Waals surface area contributed by atoms with Crippen LogP contribution in [0.1, 0.15) is 27.2 Å². The van der Waals surface area contributed by atoms with Crippen LogP contribution >= 0.6 is 0 Å². The molecule has 0 saturated carbocycles. The summed E-state index contributed by atoms with van der Waals surface area (Å²) in [7, 11) is 1.66. The van der Waals surface area contributed by atoms with Crippen LogP contribution in [0.15, 0.2) is 70.4 Å². The van der Waals surface area contributed by atoms with Crippen LogP contribution in [0.25, 0.3) is 0 Å². The van der Waals surface area contributed by atoms with E-state index in [-0.39, 0.29) is 5.91 Å². The Kier molecular flexibility index (Phi) is 4.61. The third-order valence-corrected chi connectivity index (χ3v) is 4.53. The van der Waals surface area contributed by atoms with Gasteiger partial charge in [0.1, 0.15) is 11.5 Å². The molecule has 1 aliphatic rings. The van der Waals surface area contributed by atoms with E-state index in [0.29, 0.717) is 11.3 Å². The van der Waals surface area contributed by atoms with Gasteiger partial charge in [-0.2, -0.15) is 5.10 Å². The molecule has 136 valence electrons. The summed E-state index contributed by atoms with van der Waals surface area (Å²) < 4.78 is 10.3. The summed E-state index contributed by atoms with van der Waals surface area (Å²) in [6.45, 7) is 1.58. The Balaban J connectivity index is 1.43. The Hall–Kier alpha value is -3.54. The molecule has 0 unspecified atom stereocenters. The van der Waals surface area contributed by atoms with Gasteiger partial charge in [-0.05, 0) is 59.7 Å². The number of furan rings is 1. The van der Waals surface area contributed by atoms with Crippen LogP contribution in [0.3, 0.4) is 0 Å². The number of nitrogens with zero attached hydrogens (tertiary/aromatic N) is 2. The summed E-state index contributed by atoms with van der Waals surface area (Å²) in [4.78, 5) is 14.6. The van der Waals surface area contributed by atoms with Crippen molar-refractivity contribution < 1.29 is 13.9 Å². The minimum atomic E-state index is -0.247. The van der Waals surface area contributed by atoms with Crippen molar-refractivity contribution in [1.82, 2.24) is 5.43 Å². The van der Waals surface area contributed by atoms with Gasteiger partial charge in [0.05, 0.1) is 19.6 Å². The van der Waals surface area contributed by atoms with Crippen LogP contribution in [0.4, 0.5) is 5.69 Å². The van der Waals surface area contributed by atoms with Gasteiger partial charge in [-0.3, -0.25) is 4.79 Å². The molecule has 0 saturated heterocycles. The number of hydrogen-bond donors (Lipinski definition) is 1. The lowest BCUT2D eigenvalue weighted by Crippen LogP contribution is -2.17. The van der Waals surface area contributed by atoms with Crippen LogP contribution in [0, 0.1) is 0 Å². The number of hydrogen-bond acceptors (Lipinski definition) is 5. The summed E-state index contributed by atoms with van der Waals surface area (Å²) in [6.07, 6.45) is 3.02. The summed E-state index contributed by atoms with van der Waals surface area (Å²) >= 11 is 0. The Bertz CT molecular complexity index is 963. The van der Waals surface area contributed by atoms with Gasteiger partial charge in [0.2, 0.25) is 0 Å². The Morgan fingerprint density at radius 1 is 1.15 bits per heavy atom. The van der Waals surface area contributed by atoms with E-state index in [1.54, 1.807) is 25.5 Å². The topological polar surface area (TPSA) is 67.1 Å². The minimum Gasteiger partial charge on any atom is -0.497 e. The van der Waals surface area contributed by atoms with Crippen molar-refractivity contribution in [2.75, 3.05) is 12.0 Å². The second-order valence-corrected chi connectivity index (χ2v) is 6.25. The van der Waals surface area contributed by atoms with E-state index < -0.39 is 0 Å². The zero-order valence-electron chi connectivity index (χ0n) is 14.9. The van der Waals surface area contributed by atoms with Crippen LogP contribution in [0.2, 0.25) is 0 Å². The van der Waals surface area contributed by atoms with Crippen LogP contribution < -0.4 is 15.1 Å². The fraction of sp³-hybridized carbons (Fsp3) is 0.143. The Labute approximate surface area is 157 Å². The Morgan fingerprint density at radius 3 is 2.70 bits per heavy atom. The van der Waals surface area contributed by atoms with E-state index in [0.717, 1.165) is 30.1 Å². The van der Waals surface area contributed by atoms with Gasteiger partial charge in [-0.25, -0.2) is 5.43 Å². The predicted molar refractivity (Wildman–Crippen MR) is 103 cm³/mol. The molecule has 2 heterocycles. The molecular weight excluding hydrogens is 342 g/mol. The quantitative estimate of drug-likeness (QED) is 0.557. The van der Waals surface area contributed by atoms with Gasteiger partial charge in [0, 0.05) is 24.3 Å². The van der Waals surface area contributed by atoms with Gasteiger partial charge in [0.25, 0.3) is 5.91 Å². The van der Waals surface area contributed by atoms with Crippen molar-refractivity contribution in [3.8, 4) is 5.75 Å². The third kappa shape index (κ3) is 3.69. The summed E-state index contributed by atoms with van der Waals surface area (Å²) in [5.41, 5.74) is 6.61. The number of benzene rings is 2.